The molecule has 1 N–H and O–H groups in total. The molecule has 0 saturated carbocycles. The Labute approximate surface area is 177 Å². The molecule has 7 nitrogen and oxygen atoms in total. The second-order valence-corrected chi connectivity index (χ2v) is 7.23. The minimum absolute atomic E-state index is 0.109. The van der Waals surface area contributed by atoms with Crippen LogP contribution in [0.25, 0.3) is 10.8 Å². The fraction of sp³-hybridized carbons (Fsp3) is 0.0833. The highest BCUT2D eigenvalue weighted by atomic mass is 16.6. The minimum atomic E-state index is -0.514. The number of benzene rings is 3. The summed E-state index contributed by atoms with van der Waals surface area (Å²) in [6.45, 7) is 2.07. The molecule has 0 aliphatic carbocycles. The van der Waals surface area contributed by atoms with Crippen molar-refractivity contribution in [2.45, 2.75) is 13.5 Å². The van der Waals surface area contributed by atoms with E-state index in [2.05, 4.69) is 5.32 Å². The molecule has 7 heteroatoms. The van der Waals surface area contributed by atoms with E-state index in [1.807, 2.05) is 42.5 Å². The zero-order chi connectivity index (χ0) is 22.0. The van der Waals surface area contributed by atoms with Crippen LogP contribution in [0.4, 0.5) is 11.4 Å². The number of nitrogens with one attached hydrogen (secondary N) is 1. The molecular formula is C24H19N3O4. The number of rotatable bonds is 5. The summed E-state index contributed by atoms with van der Waals surface area (Å²) >= 11 is 0. The van der Waals surface area contributed by atoms with Crippen LogP contribution in [0.1, 0.15) is 21.5 Å². The van der Waals surface area contributed by atoms with Crippen LogP contribution < -0.4 is 10.9 Å². The number of anilines is 1. The Hall–Kier alpha value is -4.26. The Balaban J connectivity index is 1.64. The van der Waals surface area contributed by atoms with Crippen LogP contribution >= 0.6 is 0 Å². The summed E-state index contributed by atoms with van der Waals surface area (Å²) in [7, 11) is 0. The molecule has 0 spiro atoms. The van der Waals surface area contributed by atoms with Gasteiger partial charge in [-0.2, -0.15) is 0 Å². The molecule has 1 amide bonds. The van der Waals surface area contributed by atoms with Crippen molar-refractivity contribution in [3.63, 3.8) is 0 Å². The average molecular weight is 413 g/mol. The summed E-state index contributed by atoms with van der Waals surface area (Å²) in [6, 6.07) is 20.9. The molecule has 154 valence electrons. The molecule has 4 rings (SSSR count). The lowest BCUT2D eigenvalue weighted by molar-refractivity contribution is -0.384. The van der Waals surface area contributed by atoms with Crippen molar-refractivity contribution in [3.8, 4) is 0 Å². The highest BCUT2D eigenvalue weighted by Crippen LogP contribution is 2.23. The van der Waals surface area contributed by atoms with Gasteiger partial charge in [0, 0.05) is 24.4 Å². The minimum Gasteiger partial charge on any atom is -0.321 e. The van der Waals surface area contributed by atoms with Gasteiger partial charge in [-0.15, -0.1) is 0 Å². The number of carbonyl (C=O) groups excluding carboxylic acids is 1. The zero-order valence-electron chi connectivity index (χ0n) is 16.7. The Morgan fingerprint density at radius 3 is 2.61 bits per heavy atom. The number of hydrogen-bond acceptors (Lipinski definition) is 4. The van der Waals surface area contributed by atoms with E-state index in [1.54, 1.807) is 13.0 Å². The number of nitro groups is 1. The first-order valence-corrected chi connectivity index (χ1v) is 9.66. The van der Waals surface area contributed by atoms with Crippen molar-refractivity contribution in [2.75, 3.05) is 5.32 Å². The van der Waals surface area contributed by atoms with Crippen molar-refractivity contribution in [1.29, 1.82) is 0 Å². The second-order valence-electron chi connectivity index (χ2n) is 7.23. The standard InChI is InChI=1S/C24H19N3O4/c1-16-9-11-20(27(30)31)13-22(16)25-24(29)19-10-12-23(28)26(15-19)14-18-7-4-6-17-5-2-3-8-21(17)18/h2-13,15H,14H2,1H3,(H,25,29). The molecule has 0 aliphatic heterocycles. The lowest BCUT2D eigenvalue weighted by Crippen LogP contribution is -2.22. The Bertz CT molecular complexity index is 1370. The van der Waals surface area contributed by atoms with Crippen LogP contribution in [-0.2, 0) is 6.54 Å². The van der Waals surface area contributed by atoms with Gasteiger partial charge >= 0.3 is 0 Å². The molecule has 0 fully saturated rings. The van der Waals surface area contributed by atoms with Crippen molar-refractivity contribution in [2.24, 2.45) is 0 Å². The highest BCUT2D eigenvalue weighted by molar-refractivity contribution is 6.04. The molecule has 3 aromatic carbocycles. The van der Waals surface area contributed by atoms with E-state index in [1.165, 1.54) is 35.0 Å². The SMILES string of the molecule is Cc1ccc([N+](=O)[O-])cc1NC(=O)c1ccc(=O)n(Cc2cccc3ccccc23)c1. The summed E-state index contributed by atoms with van der Waals surface area (Å²) in [5.41, 5.74) is 1.96. The fourth-order valence-electron chi connectivity index (χ4n) is 3.46. The molecule has 4 aromatic rings. The van der Waals surface area contributed by atoms with Crippen LogP contribution in [0, 0.1) is 17.0 Å². The van der Waals surface area contributed by atoms with Crippen LogP contribution in [0.15, 0.2) is 83.8 Å². The first kappa shape index (κ1) is 20.0. The van der Waals surface area contributed by atoms with Gasteiger partial charge in [0.25, 0.3) is 17.2 Å². The first-order chi connectivity index (χ1) is 14.9. The molecule has 0 unspecified atom stereocenters. The summed E-state index contributed by atoms with van der Waals surface area (Å²) < 4.78 is 1.48. The number of hydrogen-bond donors (Lipinski definition) is 1. The van der Waals surface area contributed by atoms with Gasteiger partial charge in [-0.05, 0) is 34.9 Å². The number of fused-ring (bicyclic) bond motifs is 1. The zero-order valence-corrected chi connectivity index (χ0v) is 16.7. The van der Waals surface area contributed by atoms with E-state index in [0.29, 0.717) is 17.8 Å². The van der Waals surface area contributed by atoms with Crippen molar-refractivity contribution < 1.29 is 9.72 Å². The van der Waals surface area contributed by atoms with Gasteiger partial charge in [-0.3, -0.25) is 19.7 Å². The maximum absolute atomic E-state index is 12.8. The summed E-state index contributed by atoms with van der Waals surface area (Å²) in [6.07, 6.45) is 1.51. The summed E-state index contributed by atoms with van der Waals surface area (Å²) in [5, 5.41) is 15.8. The van der Waals surface area contributed by atoms with Crippen molar-refractivity contribution in [3.05, 3.63) is 116 Å². The van der Waals surface area contributed by atoms with E-state index in [9.17, 15) is 19.7 Å². The number of nitro benzene ring substituents is 1. The molecule has 0 bridgehead atoms. The molecule has 0 aliphatic rings. The van der Waals surface area contributed by atoms with E-state index in [0.717, 1.165) is 16.3 Å². The molecule has 1 aromatic heterocycles. The normalized spacial score (nSPS) is 10.7. The number of carbonyl (C=O) groups is 1. The predicted molar refractivity (Wildman–Crippen MR) is 120 cm³/mol. The Morgan fingerprint density at radius 2 is 1.81 bits per heavy atom. The van der Waals surface area contributed by atoms with Crippen molar-refractivity contribution in [1.82, 2.24) is 4.57 Å². The quantitative estimate of drug-likeness (QED) is 0.384. The summed E-state index contributed by atoms with van der Waals surface area (Å²) in [5.74, 6) is -0.449. The van der Waals surface area contributed by atoms with Crippen molar-refractivity contribution >= 4 is 28.1 Å². The molecule has 1 heterocycles. The van der Waals surface area contributed by atoms with Gasteiger partial charge in [0.1, 0.15) is 0 Å². The number of amides is 1. The van der Waals surface area contributed by atoms with E-state index < -0.39 is 10.8 Å². The number of pyridine rings is 1. The monoisotopic (exact) mass is 413 g/mol. The topological polar surface area (TPSA) is 94.2 Å². The highest BCUT2D eigenvalue weighted by Gasteiger charge is 2.14. The number of aryl methyl sites for hydroxylation is 1. The molecule has 0 saturated heterocycles. The molecule has 0 radical (unpaired) electrons. The lowest BCUT2D eigenvalue weighted by Gasteiger charge is -2.12. The van der Waals surface area contributed by atoms with Gasteiger partial charge in [0.2, 0.25) is 0 Å². The Morgan fingerprint density at radius 1 is 1.03 bits per heavy atom. The third kappa shape index (κ3) is 4.20. The van der Waals surface area contributed by atoms with Crippen LogP contribution in [0.5, 0.6) is 0 Å². The van der Waals surface area contributed by atoms with Gasteiger partial charge in [-0.1, -0.05) is 48.5 Å². The maximum atomic E-state index is 12.8. The average Bonchev–Trinajstić information content (AvgIpc) is 2.76. The largest absolute Gasteiger partial charge is 0.321 e. The van der Waals surface area contributed by atoms with Gasteiger partial charge in [0.15, 0.2) is 0 Å². The molecule has 0 atom stereocenters. The lowest BCUT2D eigenvalue weighted by atomic mass is 10.0. The van der Waals surface area contributed by atoms with E-state index >= 15 is 0 Å². The van der Waals surface area contributed by atoms with Crippen LogP contribution in [-0.4, -0.2) is 15.4 Å². The second kappa shape index (κ2) is 8.23. The third-order valence-electron chi connectivity index (χ3n) is 5.15. The number of aromatic nitrogens is 1. The van der Waals surface area contributed by atoms with E-state index in [4.69, 9.17) is 0 Å². The first-order valence-electron chi connectivity index (χ1n) is 9.66. The van der Waals surface area contributed by atoms with Gasteiger partial charge in [0.05, 0.1) is 22.7 Å². The Kier molecular flexibility index (Phi) is 5.32. The van der Waals surface area contributed by atoms with E-state index in [-0.39, 0.29) is 16.8 Å². The third-order valence-corrected chi connectivity index (χ3v) is 5.15. The van der Waals surface area contributed by atoms with Crippen LogP contribution in [0.2, 0.25) is 0 Å². The maximum Gasteiger partial charge on any atom is 0.271 e. The predicted octanol–water partition coefficient (Wildman–Crippen LogP) is 4.52. The van der Waals surface area contributed by atoms with Gasteiger partial charge < -0.3 is 9.88 Å². The van der Waals surface area contributed by atoms with Crippen LogP contribution in [0.3, 0.4) is 0 Å². The fourth-order valence-corrected chi connectivity index (χ4v) is 3.46. The number of nitrogens with zero attached hydrogens (tertiary/aromatic N) is 2. The smallest absolute Gasteiger partial charge is 0.271 e. The summed E-state index contributed by atoms with van der Waals surface area (Å²) in [4.78, 5) is 35.7. The van der Waals surface area contributed by atoms with Gasteiger partial charge in [-0.25, -0.2) is 0 Å². The molecule has 31 heavy (non-hydrogen) atoms. The number of non-ortho nitro benzene ring substituents is 1. The molecular weight excluding hydrogens is 394 g/mol.